The Balaban J connectivity index is 1.52. The van der Waals surface area contributed by atoms with Crippen LogP contribution in [0.2, 0.25) is 0 Å². The molecule has 1 fully saturated rings. The fraction of sp³-hybridized carbons (Fsp3) is 0.182. The van der Waals surface area contributed by atoms with Crippen LogP contribution in [0.4, 0.5) is 11.4 Å². The lowest BCUT2D eigenvalue weighted by atomic mass is 9.47. The van der Waals surface area contributed by atoms with Crippen molar-refractivity contribution in [3.63, 3.8) is 0 Å². The highest BCUT2D eigenvalue weighted by atomic mass is 16.2. The Morgan fingerprint density at radius 2 is 1.38 bits per heavy atom. The van der Waals surface area contributed by atoms with Crippen LogP contribution in [0.5, 0.6) is 0 Å². The van der Waals surface area contributed by atoms with E-state index in [0.717, 1.165) is 33.5 Å². The minimum absolute atomic E-state index is 0.125. The van der Waals surface area contributed by atoms with Gasteiger partial charge in [-0.2, -0.15) is 0 Å². The van der Waals surface area contributed by atoms with Gasteiger partial charge in [0.25, 0.3) is 0 Å². The van der Waals surface area contributed by atoms with Crippen LogP contribution in [0, 0.1) is 25.7 Å². The Hall–Kier alpha value is -4.31. The number of para-hydroxylation sites is 1. The molecule has 0 unspecified atom stereocenters. The molecule has 1 saturated heterocycles. The molecule has 2 amide bonds. The molecule has 4 aliphatic rings. The largest absolute Gasteiger partial charge is 0.274 e. The average molecular weight is 483 g/mol. The zero-order valence-electron chi connectivity index (χ0n) is 20.8. The third-order valence-electron chi connectivity index (χ3n) is 8.46. The van der Waals surface area contributed by atoms with Crippen LogP contribution in [-0.4, -0.2) is 18.0 Å². The number of aliphatic imine (C=N–C) groups is 1. The van der Waals surface area contributed by atoms with Gasteiger partial charge in [-0.05, 0) is 59.9 Å². The SMILES string of the molecule is Cc1ccc(N=CC23c4ccccc4C(c4ccccc42)[C@H]2C(=O)N(c4ccccc4)C(=O)[C@H]23)c(C)c1. The molecule has 0 N–H and O–H groups in total. The Morgan fingerprint density at radius 3 is 2.03 bits per heavy atom. The maximum Gasteiger partial charge on any atom is 0.239 e. The maximum atomic E-state index is 14.3. The fourth-order valence-electron chi connectivity index (χ4n) is 7.00. The van der Waals surface area contributed by atoms with Crippen LogP contribution in [0.15, 0.2) is 102 Å². The highest BCUT2D eigenvalue weighted by Crippen LogP contribution is 2.63. The highest BCUT2D eigenvalue weighted by molar-refractivity contribution is 6.25. The van der Waals surface area contributed by atoms with Crippen LogP contribution in [-0.2, 0) is 15.0 Å². The van der Waals surface area contributed by atoms with Gasteiger partial charge >= 0.3 is 0 Å². The first kappa shape index (κ1) is 21.9. The number of hydrogen-bond donors (Lipinski definition) is 0. The van der Waals surface area contributed by atoms with Crippen molar-refractivity contribution in [3.05, 3.63) is 130 Å². The third kappa shape index (κ3) is 2.87. The molecule has 0 spiro atoms. The van der Waals surface area contributed by atoms with Gasteiger partial charge in [0.1, 0.15) is 0 Å². The van der Waals surface area contributed by atoms with E-state index in [9.17, 15) is 9.59 Å². The summed E-state index contributed by atoms with van der Waals surface area (Å²) in [6, 6.07) is 32.1. The van der Waals surface area contributed by atoms with Gasteiger partial charge in [0.05, 0.1) is 28.6 Å². The predicted octanol–water partition coefficient (Wildman–Crippen LogP) is 6.26. The fourth-order valence-corrected chi connectivity index (χ4v) is 7.00. The summed E-state index contributed by atoms with van der Waals surface area (Å²) in [4.78, 5) is 34.9. The summed E-state index contributed by atoms with van der Waals surface area (Å²) in [7, 11) is 0. The number of anilines is 1. The monoisotopic (exact) mass is 482 g/mol. The molecule has 1 heterocycles. The Labute approximate surface area is 216 Å². The van der Waals surface area contributed by atoms with Crippen molar-refractivity contribution in [2.45, 2.75) is 25.2 Å². The molecule has 4 aromatic rings. The van der Waals surface area contributed by atoms with Crippen LogP contribution in [0.1, 0.15) is 39.3 Å². The zero-order valence-corrected chi connectivity index (χ0v) is 20.8. The van der Waals surface area contributed by atoms with Crippen molar-refractivity contribution in [3.8, 4) is 0 Å². The lowest BCUT2D eigenvalue weighted by Gasteiger charge is -2.52. The number of rotatable bonds is 3. The summed E-state index contributed by atoms with van der Waals surface area (Å²) in [5, 5.41) is 0. The standard InChI is InChI=1S/C33H26N2O2/c1-20-16-17-27(21(2)18-20)34-19-33-25-14-8-6-12-23(25)28(24-13-7-9-15-26(24)33)29-30(33)32(37)35(31(29)36)22-10-4-3-5-11-22/h3-19,28-30H,1-2H3/t28?,29-,30+,33?/m1/s1. The number of carbonyl (C=O) groups is 2. The molecule has 3 aliphatic carbocycles. The van der Waals surface area contributed by atoms with Crippen LogP contribution >= 0.6 is 0 Å². The van der Waals surface area contributed by atoms with Gasteiger partial charge in [0, 0.05) is 12.1 Å². The topological polar surface area (TPSA) is 49.7 Å². The first-order chi connectivity index (χ1) is 18.0. The summed E-state index contributed by atoms with van der Waals surface area (Å²) in [5.41, 5.74) is 7.29. The van der Waals surface area contributed by atoms with Gasteiger partial charge in [-0.1, -0.05) is 84.4 Å². The Kier molecular flexibility index (Phi) is 4.65. The second kappa shape index (κ2) is 7.84. The van der Waals surface area contributed by atoms with Crippen molar-refractivity contribution in [1.29, 1.82) is 0 Å². The molecular weight excluding hydrogens is 456 g/mol. The zero-order chi connectivity index (χ0) is 25.3. The Bertz CT molecular complexity index is 1570. The molecule has 0 radical (unpaired) electrons. The van der Waals surface area contributed by atoms with Gasteiger partial charge in [-0.15, -0.1) is 0 Å². The number of aryl methyl sites for hydroxylation is 2. The molecule has 0 saturated carbocycles. The van der Waals surface area contributed by atoms with Gasteiger partial charge in [-0.3, -0.25) is 14.6 Å². The molecule has 4 heteroatoms. The maximum absolute atomic E-state index is 14.3. The first-order valence-corrected chi connectivity index (χ1v) is 12.8. The van der Waals surface area contributed by atoms with E-state index < -0.39 is 17.3 Å². The van der Waals surface area contributed by atoms with Crippen molar-refractivity contribution in [2.75, 3.05) is 4.90 Å². The molecule has 8 rings (SSSR count). The first-order valence-electron chi connectivity index (χ1n) is 12.8. The van der Waals surface area contributed by atoms with Crippen molar-refractivity contribution in [1.82, 2.24) is 0 Å². The average Bonchev–Trinajstić information content (AvgIpc) is 3.19. The molecule has 2 bridgehead atoms. The molecule has 180 valence electrons. The van der Waals surface area contributed by atoms with Crippen LogP contribution in [0.3, 0.4) is 0 Å². The lowest BCUT2D eigenvalue weighted by Crippen LogP contribution is -2.54. The molecule has 4 aromatic carbocycles. The molecular formula is C33H26N2O2. The van der Waals surface area contributed by atoms with E-state index in [2.05, 4.69) is 50.2 Å². The van der Waals surface area contributed by atoms with E-state index in [4.69, 9.17) is 4.99 Å². The summed E-state index contributed by atoms with van der Waals surface area (Å²) in [6.45, 7) is 4.13. The van der Waals surface area contributed by atoms with E-state index in [1.54, 1.807) is 0 Å². The number of hydrogen-bond acceptors (Lipinski definition) is 3. The summed E-state index contributed by atoms with van der Waals surface area (Å²) in [6.07, 6.45) is 1.97. The van der Waals surface area contributed by atoms with Gasteiger partial charge in [0.2, 0.25) is 11.8 Å². The van der Waals surface area contributed by atoms with E-state index in [1.807, 2.05) is 66.9 Å². The summed E-state index contributed by atoms with van der Waals surface area (Å²) < 4.78 is 0. The van der Waals surface area contributed by atoms with Gasteiger partial charge < -0.3 is 0 Å². The van der Waals surface area contributed by atoms with Gasteiger partial charge in [0.15, 0.2) is 0 Å². The lowest BCUT2D eigenvalue weighted by molar-refractivity contribution is -0.122. The number of imide groups is 1. The van der Waals surface area contributed by atoms with E-state index in [1.165, 1.54) is 10.5 Å². The minimum Gasteiger partial charge on any atom is -0.274 e. The quantitative estimate of drug-likeness (QED) is 0.256. The van der Waals surface area contributed by atoms with Crippen molar-refractivity contribution in [2.24, 2.45) is 16.8 Å². The number of benzene rings is 4. The van der Waals surface area contributed by atoms with Crippen LogP contribution < -0.4 is 4.90 Å². The number of amides is 2. The molecule has 2 atom stereocenters. The summed E-state index contributed by atoms with van der Waals surface area (Å²) >= 11 is 0. The molecule has 4 nitrogen and oxygen atoms in total. The van der Waals surface area contributed by atoms with Crippen molar-refractivity contribution >= 4 is 29.4 Å². The molecule has 1 aliphatic heterocycles. The van der Waals surface area contributed by atoms with Crippen molar-refractivity contribution < 1.29 is 9.59 Å². The van der Waals surface area contributed by atoms with E-state index in [-0.39, 0.29) is 17.7 Å². The third-order valence-corrected chi connectivity index (χ3v) is 8.46. The van der Waals surface area contributed by atoms with Gasteiger partial charge in [-0.25, -0.2) is 4.90 Å². The smallest absolute Gasteiger partial charge is 0.239 e. The second-order valence-corrected chi connectivity index (χ2v) is 10.4. The number of carbonyl (C=O) groups excluding carboxylic acids is 2. The second-order valence-electron chi connectivity index (χ2n) is 10.4. The number of nitrogens with zero attached hydrogens (tertiary/aromatic N) is 2. The normalized spacial score (nSPS) is 25.4. The van der Waals surface area contributed by atoms with Crippen LogP contribution in [0.25, 0.3) is 0 Å². The Morgan fingerprint density at radius 1 is 0.757 bits per heavy atom. The molecule has 0 aromatic heterocycles. The minimum atomic E-state index is -0.847. The predicted molar refractivity (Wildman–Crippen MR) is 145 cm³/mol. The molecule has 37 heavy (non-hydrogen) atoms. The highest BCUT2D eigenvalue weighted by Gasteiger charge is 2.67. The van der Waals surface area contributed by atoms with E-state index >= 15 is 0 Å². The summed E-state index contributed by atoms with van der Waals surface area (Å²) in [5.74, 6) is -1.49. The van der Waals surface area contributed by atoms with E-state index in [0.29, 0.717) is 5.69 Å².